The van der Waals surface area contributed by atoms with Gasteiger partial charge in [0.1, 0.15) is 17.2 Å². The Morgan fingerprint density at radius 3 is 2.33 bits per heavy atom. The molecule has 10 heteroatoms. The summed E-state index contributed by atoms with van der Waals surface area (Å²) >= 11 is 6.12. The molecule has 4 rings (SSSR count). The highest BCUT2D eigenvalue weighted by Crippen LogP contribution is 2.32. The van der Waals surface area contributed by atoms with Crippen LogP contribution in [0.2, 0.25) is 5.02 Å². The Morgan fingerprint density at radius 1 is 0.917 bits per heavy atom. The van der Waals surface area contributed by atoms with E-state index in [1.807, 2.05) is 30.3 Å². The van der Waals surface area contributed by atoms with Crippen molar-refractivity contribution in [2.24, 2.45) is 5.10 Å². The Kier molecular flexibility index (Phi) is 7.31. The van der Waals surface area contributed by atoms with Gasteiger partial charge in [-0.25, -0.2) is 9.59 Å². The van der Waals surface area contributed by atoms with Crippen LogP contribution in [-0.2, 0) is 14.4 Å². The molecule has 0 fully saturated rings. The second-order valence-electron chi connectivity index (χ2n) is 7.53. The van der Waals surface area contributed by atoms with E-state index in [1.165, 1.54) is 23.2 Å². The van der Waals surface area contributed by atoms with Gasteiger partial charge < -0.3 is 19.7 Å². The summed E-state index contributed by atoms with van der Waals surface area (Å²) < 4.78 is 10.6. The molecular weight excluding hydrogens is 488 g/mol. The molecule has 1 aliphatic rings. The van der Waals surface area contributed by atoms with Crippen molar-refractivity contribution in [2.75, 3.05) is 18.2 Å². The van der Waals surface area contributed by atoms with E-state index in [1.54, 1.807) is 30.3 Å². The first-order chi connectivity index (χ1) is 17.3. The van der Waals surface area contributed by atoms with Crippen LogP contribution < -0.4 is 14.5 Å². The van der Waals surface area contributed by atoms with Crippen LogP contribution >= 0.6 is 11.6 Å². The zero-order valence-electron chi connectivity index (χ0n) is 18.6. The molecule has 0 radical (unpaired) electrons. The van der Waals surface area contributed by atoms with Gasteiger partial charge in [-0.1, -0.05) is 48.0 Å². The molecule has 1 heterocycles. The first kappa shape index (κ1) is 24.5. The number of carboxylic acid groups (broad SMARTS) is 2. The minimum atomic E-state index is -1.21. The van der Waals surface area contributed by atoms with Gasteiger partial charge in [0.2, 0.25) is 0 Å². The highest BCUT2D eigenvalue weighted by molar-refractivity contribution is 6.37. The highest BCUT2D eigenvalue weighted by atomic mass is 35.5. The van der Waals surface area contributed by atoms with Crippen LogP contribution in [0.25, 0.3) is 6.08 Å². The number of carboxylic acids is 2. The third-order valence-corrected chi connectivity index (χ3v) is 5.21. The molecule has 0 aliphatic carbocycles. The van der Waals surface area contributed by atoms with Crippen LogP contribution in [0.3, 0.4) is 0 Å². The Labute approximate surface area is 210 Å². The van der Waals surface area contributed by atoms with Crippen molar-refractivity contribution in [1.82, 2.24) is 0 Å². The molecule has 3 aromatic carbocycles. The molecule has 9 nitrogen and oxygen atoms in total. The molecule has 0 saturated carbocycles. The van der Waals surface area contributed by atoms with E-state index < -0.39 is 31.1 Å². The molecule has 0 unspecified atom stereocenters. The van der Waals surface area contributed by atoms with Gasteiger partial charge in [0.25, 0.3) is 5.91 Å². The fourth-order valence-corrected chi connectivity index (χ4v) is 3.61. The molecule has 2 N–H and O–H groups in total. The zero-order chi connectivity index (χ0) is 25.7. The van der Waals surface area contributed by atoms with Gasteiger partial charge in [-0.3, -0.25) is 4.79 Å². The number of anilines is 1. The van der Waals surface area contributed by atoms with Gasteiger partial charge in [-0.2, -0.15) is 10.1 Å². The van der Waals surface area contributed by atoms with Crippen LogP contribution in [-0.4, -0.2) is 47.0 Å². The third kappa shape index (κ3) is 5.70. The fraction of sp³-hybridized carbons (Fsp3) is 0.0769. The van der Waals surface area contributed by atoms with Crippen LogP contribution in [0.15, 0.2) is 83.5 Å². The van der Waals surface area contributed by atoms with Gasteiger partial charge >= 0.3 is 11.9 Å². The average molecular weight is 507 g/mol. The molecular formula is C26H19ClN2O7. The number of rotatable bonds is 9. The third-order valence-electron chi connectivity index (χ3n) is 4.98. The molecule has 1 amide bonds. The number of ether oxygens (including phenoxy) is 2. The van der Waals surface area contributed by atoms with E-state index in [9.17, 15) is 14.4 Å². The minimum absolute atomic E-state index is 0.0919. The van der Waals surface area contributed by atoms with Crippen LogP contribution in [0.1, 0.15) is 11.1 Å². The molecule has 3 aromatic rings. The summed E-state index contributed by atoms with van der Waals surface area (Å²) in [6, 6.07) is 20.2. The van der Waals surface area contributed by atoms with E-state index in [4.69, 9.17) is 31.3 Å². The van der Waals surface area contributed by atoms with Crippen LogP contribution in [0.4, 0.5) is 5.69 Å². The first-order valence-electron chi connectivity index (χ1n) is 10.6. The topological polar surface area (TPSA) is 126 Å². The summed E-state index contributed by atoms with van der Waals surface area (Å²) in [5.41, 5.74) is 2.18. The lowest BCUT2D eigenvalue weighted by atomic mass is 10.00. The molecule has 0 atom stereocenters. The van der Waals surface area contributed by atoms with E-state index in [2.05, 4.69) is 5.10 Å². The van der Waals surface area contributed by atoms with Gasteiger partial charge in [-0.05, 0) is 36.4 Å². The van der Waals surface area contributed by atoms with E-state index in [0.29, 0.717) is 27.5 Å². The SMILES string of the molecule is O=C(O)COc1ccc(/C=C2\C(=O)N(c3cccc(Cl)c3)N=C2c2ccccc2)c(OCC(=O)O)c1. The summed E-state index contributed by atoms with van der Waals surface area (Å²) in [6.07, 6.45) is 1.54. The van der Waals surface area contributed by atoms with Crippen molar-refractivity contribution in [2.45, 2.75) is 0 Å². The number of nitrogens with zero attached hydrogens (tertiary/aromatic N) is 2. The van der Waals surface area contributed by atoms with Crippen LogP contribution in [0, 0.1) is 0 Å². The van der Waals surface area contributed by atoms with Crippen molar-refractivity contribution in [1.29, 1.82) is 0 Å². The summed E-state index contributed by atoms with van der Waals surface area (Å²) in [4.78, 5) is 35.4. The lowest BCUT2D eigenvalue weighted by molar-refractivity contribution is -0.140. The Balaban J connectivity index is 1.78. The van der Waals surface area contributed by atoms with Crippen molar-refractivity contribution in [3.63, 3.8) is 0 Å². The number of hydrogen-bond acceptors (Lipinski definition) is 6. The zero-order valence-corrected chi connectivity index (χ0v) is 19.4. The van der Waals surface area contributed by atoms with E-state index in [0.717, 1.165) is 0 Å². The number of hydrogen-bond donors (Lipinski definition) is 2. The lowest BCUT2D eigenvalue weighted by Crippen LogP contribution is -2.21. The lowest BCUT2D eigenvalue weighted by Gasteiger charge is -2.13. The predicted octanol–water partition coefficient (Wildman–Crippen LogP) is 4.10. The number of carbonyl (C=O) groups is 3. The summed E-state index contributed by atoms with van der Waals surface area (Å²) in [6.45, 7) is -1.24. The average Bonchev–Trinajstić information content (AvgIpc) is 3.18. The summed E-state index contributed by atoms with van der Waals surface area (Å²) in [7, 11) is 0. The molecule has 36 heavy (non-hydrogen) atoms. The van der Waals surface area contributed by atoms with Gasteiger partial charge in [0, 0.05) is 22.2 Å². The number of aliphatic carboxylic acids is 2. The largest absolute Gasteiger partial charge is 0.482 e. The monoisotopic (exact) mass is 506 g/mol. The number of benzene rings is 3. The maximum atomic E-state index is 13.5. The predicted molar refractivity (Wildman–Crippen MR) is 133 cm³/mol. The van der Waals surface area contributed by atoms with Crippen molar-refractivity contribution >= 4 is 46.9 Å². The van der Waals surface area contributed by atoms with Crippen LogP contribution in [0.5, 0.6) is 11.5 Å². The molecule has 1 aliphatic heterocycles. The normalized spacial score (nSPS) is 14.0. The van der Waals surface area contributed by atoms with E-state index >= 15 is 0 Å². The number of carbonyl (C=O) groups excluding carboxylic acids is 1. The molecule has 0 aromatic heterocycles. The quantitative estimate of drug-likeness (QED) is 0.418. The second kappa shape index (κ2) is 10.7. The Morgan fingerprint density at radius 2 is 1.64 bits per heavy atom. The fourth-order valence-electron chi connectivity index (χ4n) is 3.43. The Bertz CT molecular complexity index is 1390. The molecule has 0 spiro atoms. The smallest absolute Gasteiger partial charge is 0.341 e. The van der Waals surface area contributed by atoms with Gasteiger partial charge in [0.15, 0.2) is 13.2 Å². The maximum absolute atomic E-state index is 13.5. The molecule has 0 saturated heterocycles. The standard InChI is InChI=1S/C26H19ClN2O7/c27-18-7-4-8-19(12-18)29-26(34)21(25(28-29)16-5-2-1-3-6-16)11-17-9-10-20(35-14-23(30)31)13-22(17)36-15-24(32)33/h1-13H,14-15H2,(H,30,31)(H,32,33)/b21-11-. The Hall–Kier alpha value is -4.63. The molecule has 182 valence electrons. The van der Waals surface area contributed by atoms with Crippen molar-refractivity contribution in [3.8, 4) is 11.5 Å². The van der Waals surface area contributed by atoms with Crippen molar-refractivity contribution in [3.05, 3.63) is 94.5 Å². The highest BCUT2D eigenvalue weighted by Gasteiger charge is 2.32. The maximum Gasteiger partial charge on any atom is 0.341 e. The number of hydrazone groups is 1. The number of amides is 1. The number of halogens is 1. The molecule has 0 bridgehead atoms. The summed E-state index contributed by atoms with van der Waals surface area (Å²) in [5, 5.41) is 24.2. The van der Waals surface area contributed by atoms with Crippen molar-refractivity contribution < 1.29 is 34.1 Å². The van der Waals surface area contributed by atoms with Gasteiger partial charge in [-0.15, -0.1) is 0 Å². The second-order valence-corrected chi connectivity index (χ2v) is 7.97. The minimum Gasteiger partial charge on any atom is -0.482 e. The van der Waals surface area contributed by atoms with Gasteiger partial charge in [0.05, 0.1) is 11.3 Å². The van der Waals surface area contributed by atoms with E-state index in [-0.39, 0.29) is 17.1 Å². The summed E-state index contributed by atoms with van der Waals surface area (Å²) in [5.74, 6) is -2.55. The first-order valence-corrected chi connectivity index (χ1v) is 11.0.